The maximum Gasteiger partial charge on any atom is 0.303 e. The van der Waals surface area contributed by atoms with Crippen LogP contribution >= 0.6 is 11.6 Å². The molecule has 15 heavy (non-hydrogen) atoms. The number of phenols is 2. The molecule has 82 valence electrons. The van der Waals surface area contributed by atoms with E-state index in [1.165, 1.54) is 6.07 Å². The second kappa shape index (κ2) is 4.40. The predicted molar refractivity (Wildman–Crippen MR) is 55.5 cm³/mol. The number of hydrogen-bond acceptors (Lipinski definition) is 3. The van der Waals surface area contributed by atoms with Crippen molar-refractivity contribution in [3.8, 4) is 11.5 Å². The molecule has 1 aromatic carbocycles. The van der Waals surface area contributed by atoms with Gasteiger partial charge in [-0.05, 0) is 30.5 Å². The number of carbonyl (C=O) groups is 1. The molecule has 0 aliphatic carbocycles. The number of carboxylic acids is 1. The van der Waals surface area contributed by atoms with Gasteiger partial charge in [-0.25, -0.2) is 0 Å². The van der Waals surface area contributed by atoms with Crippen molar-refractivity contribution in [1.29, 1.82) is 0 Å². The zero-order chi connectivity index (χ0) is 11.6. The predicted octanol–water partition coefficient (Wildman–Crippen LogP) is 2.08. The Balaban J connectivity index is 3.04. The fourth-order valence-electron chi connectivity index (χ4n) is 1.26. The Morgan fingerprint density at radius 2 is 2.00 bits per heavy atom. The summed E-state index contributed by atoms with van der Waals surface area (Å²) in [5.74, 6) is -1.37. The maximum atomic E-state index is 10.4. The van der Waals surface area contributed by atoms with Crippen molar-refractivity contribution in [1.82, 2.24) is 0 Å². The van der Waals surface area contributed by atoms with Crippen molar-refractivity contribution in [2.75, 3.05) is 0 Å². The van der Waals surface area contributed by atoms with Gasteiger partial charge in [-0.15, -0.1) is 0 Å². The molecule has 0 heterocycles. The number of carboxylic acid groups (broad SMARTS) is 1. The topological polar surface area (TPSA) is 77.8 Å². The van der Waals surface area contributed by atoms with E-state index in [9.17, 15) is 15.0 Å². The minimum atomic E-state index is -0.948. The molecular weight excluding hydrogens is 220 g/mol. The monoisotopic (exact) mass is 230 g/mol. The summed E-state index contributed by atoms with van der Waals surface area (Å²) in [5, 5.41) is 27.3. The second-order valence-electron chi connectivity index (χ2n) is 3.26. The van der Waals surface area contributed by atoms with E-state index in [1.54, 1.807) is 6.92 Å². The lowest BCUT2D eigenvalue weighted by atomic mass is 10.0. The first kappa shape index (κ1) is 11.7. The van der Waals surface area contributed by atoms with Crippen molar-refractivity contribution in [3.05, 3.63) is 22.2 Å². The summed E-state index contributed by atoms with van der Waals surface area (Å²) in [6.45, 7) is 1.63. The minimum Gasteiger partial charge on any atom is -0.506 e. The van der Waals surface area contributed by atoms with E-state index >= 15 is 0 Å². The van der Waals surface area contributed by atoms with Crippen LogP contribution in [0.3, 0.4) is 0 Å². The molecule has 0 spiro atoms. The highest BCUT2D eigenvalue weighted by molar-refractivity contribution is 6.33. The van der Waals surface area contributed by atoms with E-state index in [4.69, 9.17) is 16.7 Å². The highest BCUT2D eigenvalue weighted by Crippen LogP contribution is 2.38. The summed E-state index contributed by atoms with van der Waals surface area (Å²) in [6, 6.07) is 1.53. The average molecular weight is 231 g/mol. The molecule has 1 rings (SSSR count). The third-order valence-corrected chi connectivity index (χ3v) is 2.45. The van der Waals surface area contributed by atoms with Crippen molar-refractivity contribution in [2.24, 2.45) is 0 Å². The van der Waals surface area contributed by atoms with Crippen LogP contribution in [0.1, 0.15) is 17.5 Å². The zero-order valence-corrected chi connectivity index (χ0v) is 8.88. The highest BCUT2D eigenvalue weighted by atomic mass is 35.5. The van der Waals surface area contributed by atoms with E-state index in [0.717, 1.165) is 0 Å². The van der Waals surface area contributed by atoms with Gasteiger partial charge in [0.05, 0.1) is 0 Å². The third kappa shape index (κ3) is 2.53. The van der Waals surface area contributed by atoms with Crippen LogP contribution in [-0.4, -0.2) is 21.3 Å². The van der Waals surface area contributed by atoms with Crippen LogP contribution in [0.25, 0.3) is 0 Å². The van der Waals surface area contributed by atoms with Gasteiger partial charge in [0.1, 0.15) is 16.5 Å². The van der Waals surface area contributed by atoms with Crippen LogP contribution in [0.2, 0.25) is 5.02 Å². The summed E-state index contributed by atoms with van der Waals surface area (Å²) >= 11 is 5.66. The van der Waals surface area contributed by atoms with E-state index in [0.29, 0.717) is 11.1 Å². The van der Waals surface area contributed by atoms with Gasteiger partial charge in [0.2, 0.25) is 0 Å². The van der Waals surface area contributed by atoms with Crippen LogP contribution in [0.4, 0.5) is 0 Å². The van der Waals surface area contributed by atoms with Crippen LogP contribution in [0, 0.1) is 6.92 Å². The molecule has 1 aromatic rings. The second-order valence-corrected chi connectivity index (χ2v) is 3.64. The molecule has 0 saturated carbocycles. The molecule has 4 nitrogen and oxygen atoms in total. The van der Waals surface area contributed by atoms with Gasteiger partial charge in [-0.1, -0.05) is 11.6 Å². The molecule has 0 aliphatic rings. The van der Waals surface area contributed by atoms with Crippen molar-refractivity contribution < 1.29 is 20.1 Å². The lowest BCUT2D eigenvalue weighted by molar-refractivity contribution is -0.136. The smallest absolute Gasteiger partial charge is 0.303 e. The molecule has 3 N–H and O–H groups in total. The number of aromatic hydroxyl groups is 2. The number of aryl methyl sites for hydroxylation is 2. The first-order valence-corrected chi connectivity index (χ1v) is 4.73. The summed E-state index contributed by atoms with van der Waals surface area (Å²) in [6.07, 6.45) is 0.0934. The minimum absolute atomic E-state index is 0.0892. The fourth-order valence-corrected chi connectivity index (χ4v) is 1.53. The molecule has 0 saturated heterocycles. The Morgan fingerprint density at radius 3 is 2.53 bits per heavy atom. The number of rotatable bonds is 3. The molecule has 0 aromatic heterocycles. The van der Waals surface area contributed by atoms with Gasteiger partial charge in [0.15, 0.2) is 0 Å². The Hall–Kier alpha value is -1.42. The van der Waals surface area contributed by atoms with Gasteiger partial charge in [-0.3, -0.25) is 4.79 Å². The molecule has 5 heteroatoms. The Labute approximate surface area is 91.7 Å². The molecule has 0 aliphatic heterocycles. The molecular formula is C10H11ClO4. The van der Waals surface area contributed by atoms with Gasteiger partial charge in [0, 0.05) is 6.42 Å². The van der Waals surface area contributed by atoms with Crippen LogP contribution in [-0.2, 0) is 11.2 Å². The van der Waals surface area contributed by atoms with Crippen molar-refractivity contribution in [2.45, 2.75) is 19.8 Å². The first-order valence-electron chi connectivity index (χ1n) is 4.35. The van der Waals surface area contributed by atoms with Gasteiger partial charge in [-0.2, -0.15) is 0 Å². The Kier molecular flexibility index (Phi) is 3.42. The van der Waals surface area contributed by atoms with Crippen LogP contribution < -0.4 is 0 Å². The normalized spacial score (nSPS) is 10.3. The standard InChI is InChI=1S/C10H11ClO4/c1-5-4-6(2-3-7(12)13)10(15)8(11)9(5)14/h4,14-15H,2-3H2,1H3,(H,12,13). The third-order valence-electron chi connectivity index (χ3n) is 2.09. The van der Waals surface area contributed by atoms with E-state index in [-0.39, 0.29) is 29.4 Å². The Morgan fingerprint density at radius 1 is 1.40 bits per heavy atom. The van der Waals surface area contributed by atoms with Crippen molar-refractivity contribution in [3.63, 3.8) is 0 Å². The summed E-state index contributed by atoms with van der Waals surface area (Å²) in [7, 11) is 0. The lowest BCUT2D eigenvalue weighted by Gasteiger charge is -2.09. The summed E-state index contributed by atoms with van der Waals surface area (Å²) < 4.78 is 0. The number of benzene rings is 1. The summed E-state index contributed by atoms with van der Waals surface area (Å²) in [5.41, 5.74) is 0.941. The Bertz CT molecular complexity index is 401. The summed E-state index contributed by atoms with van der Waals surface area (Å²) in [4.78, 5) is 10.4. The SMILES string of the molecule is Cc1cc(CCC(=O)O)c(O)c(Cl)c1O. The highest BCUT2D eigenvalue weighted by Gasteiger charge is 2.13. The number of hydrogen-bond donors (Lipinski definition) is 3. The zero-order valence-electron chi connectivity index (χ0n) is 8.12. The molecule has 0 atom stereocenters. The van der Waals surface area contributed by atoms with Crippen LogP contribution in [0.15, 0.2) is 6.07 Å². The average Bonchev–Trinajstić information content (AvgIpc) is 2.18. The number of phenolic OH excluding ortho intramolecular Hbond substituents is 2. The number of aliphatic carboxylic acids is 1. The van der Waals surface area contributed by atoms with E-state index in [2.05, 4.69) is 0 Å². The maximum absolute atomic E-state index is 10.4. The largest absolute Gasteiger partial charge is 0.506 e. The van der Waals surface area contributed by atoms with E-state index in [1.807, 2.05) is 0 Å². The van der Waals surface area contributed by atoms with Crippen LogP contribution in [0.5, 0.6) is 11.5 Å². The lowest BCUT2D eigenvalue weighted by Crippen LogP contribution is -1.98. The molecule has 0 unspecified atom stereocenters. The molecule has 0 radical (unpaired) electrons. The van der Waals surface area contributed by atoms with Gasteiger partial charge < -0.3 is 15.3 Å². The van der Waals surface area contributed by atoms with Gasteiger partial charge in [0.25, 0.3) is 0 Å². The number of halogens is 1. The molecule has 0 amide bonds. The van der Waals surface area contributed by atoms with Gasteiger partial charge >= 0.3 is 5.97 Å². The van der Waals surface area contributed by atoms with Crippen molar-refractivity contribution >= 4 is 17.6 Å². The quantitative estimate of drug-likeness (QED) is 0.743. The molecule has 0 bridgehead atoms. The molecule has 0 fully saturated rings. The fraction of sp³-hybridized carbons (Fsp3) is 0.300. The first-order chi connectivity index (χ1) is 6.93. The van der Waals surface area contributed by atoms with E-state index < -0.39 is 5.97 Å².